The lowest BCUT2D eigenvalue weighted by molar-refractivity contribution is -0.139. The fraction of sp³-hybridized carbons (Fsp3) is 0.286. The summed E-state index contributed by atoms with van der Waals surface area (Å²) in [6.07, 6.45) is 0. The normalized spacial score (nSPS) is 12.2. The van der Waals surface area contributed by atoms with Gasteiger partial charge in [0.15, 0.2) is 0 Å². The highest BCUT2D eigenvalue weighted by atomic mass is 35.5. The van der Waals surface area contributed by atoms with E-state index >= 15 is 0 Å². The number of carbonyl (C=O) groups is 2. The SMILES string of the molecule is Cc1cccc(CN(C(=O)CN(c2ccc(Cl)cc2)S(=O)(=O)c2ccccc2)[C@@H](C)C(=O)NC(C)C)c1. The molecule has 3 aromatic rings. The number of rotatable bonds is 10. The van der Waals surface area contributed by atoms with Gasteiger partial charge in [0, 0.05) is 17.6 Å². The molecule has 0 saturated carbocycles. The van der Waals surface area contributed by atoms with Crippen LogP contribution in [-0.2, 0) is 26.2 Å². The average molecular weight is 542 g/mol. The number of anilines is 1. The number of nitrogens with one attached hydrogen (secondary N) is 1. The molecular formula is C28H32ClN3O4S. The molecule has 1 N–H and O–H groups in total. The second-order valence-electron chi connectivity index (χ2n) is 9.15. The smallest absolute Gasteiger partial charge is 0.264 e. The molecule has 0 aliphatic heterocycles. The fourth-order valence-electron chi connectivity index (χ4n) is 3.85. The molecule has 0 heterocycles. The first-order chi connectivity index (χ1) is 17.5. The number of benzene rings is 3. The number of hydrogen-bond donors (Lipinski definition) is 1. The van der Waals surface area contributed by atoms with Crippen LogP contribution in [0.5, 0.6) is 0 Å². The molecule has 0 unspecified atom stereocenters. The van der Waals surface area contributed by atoms with Gasteiger partial charge in [-0.05, 0) is 69.7 Å². The van der Waals surface area contributed by atoms with E-state index in [-0.39, 0.29) is 29.1 Å². The van der Waals surface area contributed by atoms with E-state index in [9.17, 15) is 18.0 Å². The third kappa shape index (κ3) is 7.33. The van der Waals surface area contributed by atoms with Crippen molar-refractivity contribution in [1.29, 1.82) is 0 Å². The summed E-state index contributed by atoms with van der Waals surface area (Å²) < 4.78 is 28.4. The molecule has 196 valence electrons. The molecule has 7 nitrogen and oxygen atoms in total. The zero-order valence-electron chi connectivity index (χ0n) is 21.4. The molecule has 0 aliphatic carbocycles. The van der Waals surface area contributed by atoms with Gasteiger partial charge in [0.1, 0.15) is 12.6 Å². The number of halogens is 1. The third-order valence-electron chi connectivity index (χ3n) is 5.76. The standard InChI is InChI=1S/C28H32ClN3O4S/c1-20(2)30-28(34)22(4)31(18-23-10-8-9-21(3)17-23)27(33)19-32(25-15-13-24(29)14-16-25)37(35,36)26-11-6-5-7-12-26/h5-17,20,22H,18-19H2,1-4H3,(H,30,34)/t22-/m0/s1. The van der Waals surface area contributed by atoms with Gasteiger partial charge in [-0.3, -0.25) is 13.9 Å². The van der Waals surface area contributed by atoms with Crippen LogP contribution < -0.4 is 9.62 Å². The van der Waals surface area contributed by atoms with Gasteiger partial charge in [0.2, 0.25) is 11.8 Å². The van der Waals surface area contributed by atoms with Crippen molar-refractivity contribution in [2.24, 2.45) is 0 Å². The molecule has 0 aromatic heterocycles. The Hall–Kier alpha value is -3.36. The molecule has 37 heavy (non-hydrogen) atoms. The van der Waals surface area contributed by atoms with Gasteiger partial charge < -0.3 is 10.2 Å². The molecule has 3 aromatic carbocycles. The number of carbonyl (C=O) groups excluding carboxylic acids is 2. The Morgan fingerprint density at radius 3 is 2.16 bits per heavy atom. The molecule has 1 atom stereocenters. The average Bonchev–Trinajstić information content (AvgIpc) is 2.86. The van der Waals surface area contributed by atoms with E-state index in [2.05, 4.69) is 5.32 Å². The highest BCUT2D eigenvalue weighted by Crippen LogP contribution is 2.26. The third-order valence-corrected chi connectivity index (χ3v) is 7.80. The maximum atomic E-state index is 13.8. The quantitative estimate of drug-likeness (QED) is 0.400. The summed E-state index contributed by atoms with van der Waals surface area (Å²) in [6, 6.07) is 20.8. The van der Waals surface area contributed by atoms with Crippen molar-refractivity contribution in [3.8, 4) is 0 Å². The maximum Gasteiger partial charge on any atom is 0.264 e. The van der Waals surface area contributed by atoms with E-state index in [0.717, 1.165) is 15.4 Å². The Balaban J connectivity index is 2.01. The van der Waals surface area contributed by atoms with Gasteiger partial charge >= 0.3 is 0 Å². The van der Waals surface area contributed by atoms with Crippen LogP contribution in [0, 0.1) is 6.92 Å². The number of amides is 2. The van der Waals surface area contributed by atoms with E-state index in [0.29, 0.717) is 5.02 Å². The van der Waals surface area contributed by atoms with Crippen LogP contribution >= 0.6 is 11.6 Å². The summed E-state index contributed by atoms with van der Waals surface area (Å²) in [5.74, 6) is -0.831. The molecule has 0 bridgehead atoms. The largest absolute Gasteiger partial charge is 0.352 e. The second-order valence-corrected chi connectivity index (χ2v) is 11.4. The Labute approximate surface area is 224 Å². The van der Waals surface area contributed by atoms with Crippen LogP contribution in [0.3, 0.4) is 0 Å². The first kappa shape index (κ1) is 28.2. The van der Waals surface area contributed by atoms with Crippen molar-refractivity contribution in [3.05, 3.63) is 95.0 Å². The monoisotopic (exact) mass is 541 g/mol. The summed E-state index contributed by atoms with van der Waals surface area (Å²) in [4.78, 5) is 28.2. The van der Waals surface area contributed by atoms with E-state index in [4.69, 9.17) is 11.6 Å². The van der Waals surface area contributed by atoms with Crippen molar-refractivity contribution >= 4 is 39.1 Å². The lowest BCUT2D eigenvalue weighted by Crippen LogP contribution is -2.52. The number of hydrogen-bond acceptors (Lipinski definition) is 4. The van der Waals surface area contributed by atoms with Crippen molar-refractivity contribution in [1.82, 2.24) is 10.2 Å². The fourth-order valence-corrected chi connectivity index (χ4v) is 5.41. The Morgan fingerprint density at radius 1 is 0.919 bits per heavy atom. The van der Waals surface area contributed by atoms with Gasteiger partial charge in [-0.25, -0.2) is 8.42 Å². The van der Waals surface area contributed by atoms with E-state index in [1.807, 2.05) is 45.0 Å². The first-order valence-corrected chi connectivity index (χ1v) is 13.8. The van der Waals surface area contributed by atoms with Crippen molar-refractivity contribution in [2.45, 2.75) is 51.2 Å². The summed E-state index contributed by atoms with van der Waals surface area (Å²) in [5.41, 5.74) is 2.14. The first-order valence-electron chi connectivity index (χ1n) is 12.0. The lowest BCUT2D eigenvalue weighted by atomic mass is 10.1. The predicted octanol–water partition coefficient (Wildman–Crippen LogP) is 4.79. The summed E-state index contributed by atoms with van der Waals surface area (Å²) in [5, 5.41) is 3.28. The molecule has 2 amide bonds. The highest BCUT2D eigenvalue weighted by Gasteiger charge is 2.32. The van der Waals surface area contributed by atoms with Gasteiger partial charge in [-0.2, -0.15) is 0 Å². The lowest BCUT2D eigenvalue weighted by Gasteiger charge is -2.32. The Bertz CT molecular complexity index is 1330. The van der Waals surface area contributed by atoms with Crippen LogP contribution in [0.2, 0.25) is 5.02 Å². The maximum absolute atomic E-state index is 13.8. The Kier molecular flexibility index (Phi) is 9.34. The van der Waals surface area contributed by atoms with Crippen LogP contribution in [0.25, 0.3) is 0 Å². The van der Waals surface area contributed by atoms with E-state index in [1.54, 1.807) is 49.4 Å². The van der Waals surface area contributed by atoms with Gasteiger partial charge in [-0.1, -0.05) is 59.6 Å². The minimum Gasteiger partial charge on any atom is -0.352 e. The topological polar surface area (TPSA) is 86.8 Å². The van der Waals surface area contributed by atoms with E-state index in [1.165, 1.54) is 17.0 Å². The number of nitrogens with zero attached hydrogens (tertiary/aromatic N) is 2. The molecule has 0 saturated heterocycles. The van der Waals surface area contributed by atoms with Crippen LogP contribution in [0.4, 0.5) is 5.69 Å². The van der Waals surface area contributed by atoms with Crippen LogP contribution in [0.15, 0.2) is 83.8 Å². The summed E-state index contributed by atoms with van der Waals surface area (Å²) >= 11 is 6.04. The minimum absolute atomic E-state index is 0.0496. The molecule has 3 rings (SSSR count). The number of aryl methyl sites for hydroxylation is 1. The van der Waals surface area contributed by atoms with Crippen molar-refractivity contribution < 1.29 is 18.0 Å². The summed E-state index contributed by atoms with van der Waals surface area (Å²) in [6.45, 7) is 6.91. The predicted molar refractivity (Wildman–Crippen MR) is 147 cm³/mol. The zero-order chi connectivity index (χ0) is 27.2. The summed E-state index contributed by atoms with van der Waals surface area (Å²) in [7, 11) is -4.10. The molecule has 0 spiro atoms. The Morgan fingerprint density at radius 2 is 1.57 bits per heavy atom. The molecule has 9 heteroatoms. The molecule has 0 radical (unpaired) electrons. The van der Waals surface area contributed by atoms with E-state index < -0.39 is 28.5 Å². The second kappa shape index (κ2) is 12.3. The minimum atomic E-state index is -4.10. The van der Waals surface area contributed by atoms with Gasteiger partial charge in [-0.15, -0.1) is 0 Å². The van der Waals surface area contributed by atoms with Gasteiger partial charge in [0.25, 0.3) is 10.0 Å². The zero-order valence-corrected chi connectivity index (χ0v) is 23.0. The molecule has 0 aliphatic rings. The van der Waals surface area contributed by atoms with Crippen molar-refractivity contribution in [2.75, 3.05) is 10.8 Å². The van der Waals surface area contributed by atoms with Gasteiger partial charge in [0.05, 0.1) is 10.6 Å². The van der Waals surface area contributed by atoms with Crippen molar-refractivity contribution in [3.63, 3.8) is 0 Å². The molecular weight excluding hydrogens is 510 g/mol. The number of sulfonamides is 1. The highest BCUT2D eigenvalue weighted by molar-refractivity contribution is 7.92. The van der Waals surface area contributed by atoms with Crippen LogP contribution in [0.1, 0.15) is 31.9 Å². The van der Waals surface area contributed by atoms with Crippen LogP contribution in [-0.4, -0.2) is 43.8 Å². The molecule has 0 fully saturated rings.